The number of hydrogen-bond acceptors (Lipinski definition) is 2. The Morgan fingerprint density at radius 1 is 0.727 bits per heavy atom. The third kappa shape index (κ3) is 2.69. The van der Waals surface area contributed by atoms with Crippen LogP contribution in [0.4, 0.5) is 11.4 Å². The molecule has 0 unspecified atom stereocenters. The van der Waals surface area contributed by atoms with E-state index in [9.17, 15) is 0 Å². The first-order valence-corrected chi connectivity index (χ1v) is 7.67. The van der Waals surface area contributed by atoms with Crippen molar-refractivity contribution in [3.63, 3.8) is 0 Å². The van der Waals surface area contributed by atoms with E-state index in [1.54, 1.807) is 0 Å². The van der Waals surface area contributed by atoms with Crippen molar-refractivity contribution in [2.75, 3.05) is 5.32 Å². The zero-order valence-corrected chi connectivity index (χ0v) is 13.9. The molecule has 0 radical (unpaired) electrons. The van der Waals surface area contributed by atoms with Crippen LogP contribution in [0.5, 0.6) is 0 Å². The van der Waals surface area contributed by atoms with E-state index in [2.05, 4.69) is 69.4 Å². The number of nitrogens with one attached hydrogen (secondary N) is 1. The normalized spacial score (nSPS) is 11.0. The molecule has 2 nitrogen and oxygen atoms in total. The summed E-state index contributed by atoms with van der Waals surface area (Å²) in [4.78, 5) is 4.72. The van der Waals surface area contributed by atoms with Crippen molar-refractivity contribution < 1.29 is 0 Å². The molecule has 1 aromatic heterocycles. The minimum atomic E-state index is 1.03. The zero-order valence-electron chi connectivity index (χ0n) is 13.9. The molecule has 2 aromatic carbocycles. The van der Waals surface area contributed by atoms with Crippen LogP contribution >= 0.6 is 0 Å². The molecule has 0 amide bonds. The summed E-state index contributed by atoms with van der Waals surface area (Å²) >= 11 is 0. The van der Waals surface area contributed by atoms with E-state index in [0.717, 1.165) is 22.6 Å². The second-order valence-electron chi connectivity index (χ2n) is 6.23. The lowest BCUT2D eigenvalue weighted by Gasteiger charge is -2.15. The van der Waals surface area contributed by atoms with Gasteiger partial charge in [0.05, 0.1) is 5.52 Å². The molecule has 0 saturated carbocycles. The van der Waals surface area contributed by atoms with Crippen LogP contribution in [-0.2, 0) is 0 Å². The summed E-state index contributed by atoms with van der Waals surface area (Å²) in [6, 6.07) is 13.0. The van der Waals surface area contributed by atoms with Crippen molar-refractivity contribution in [1.29, 1.82) is 0 Å². The molecule has 0 fully saturated rings. The molecule has 0 saturated heterocycles. The Morgan fingerprint density at radius 2 is 1.45 bits per heavy atom. The van der Waals surface area contributed by atoms with E-state index in [1.165, 1.54) is 27.6 Å². The number of fused-ring (bicyclic) bond motifs is 1. The van der Waals surface area contributed by atoms with E-state index in [0.29, 0.717) is 0 Å². The van der Waals surface area contributed by atoms with Crippen LogP contribution in [0.15, 0.2) is 36.4 Å². The Balaban J connectivity index is 2.17. The van der Waals surface area contributed by atoms with Crippen molar-refractivity contribution in [1.82, 2.24) is 4.98 Å². The quantitative estimate of drug-likeness (QED) is 0.672. The Bertz CT molecular complexity index is 863. The van der Waals surface area contributed by atoms with E-state index >= 15 is 0 Å². The summed E-state index contributed by atoms with van der Waals surface area (Å²) in [5.41, 5.74) is 9.42. The Kier molecular flexibility index (Phi) is 3.61. The van der Waals surface area contributed by atoms with Gasteiger partial charge in [0.15, 0.2) is 0 Å². The summed E-state index contributed by atoms with van der Waals surface area (Å²) in [6.45, 7) is 10.6. The molecule has 0 atom stereocenters. The highest BCUT2D eigenvalue weighted by molar-refractivity contribution is 5.95. The average molecular weight is 290 g/mol. The number of nitrogens with zero attached hydrogens (tertiary/aromatic N) is 1. The summed E-state index contributed by atoms with van der Waals surface area (Å²) in [7, 11) is 0. The molecular weight excluding hydrogens is 268 g/mol. The van der Waals surface area contributed by atoms with Gasteiger partial charge in [0, 0.05) is 22.5 Å². The minimum Gasteiger partial charge on any atom is -0.355 e. The second-order valence-corrected chi connectivity index (χ2v) is 6.23. The number of pyridine rings is 1. The fourth-order valence-electron chi connectivity index (χ4n) is 3.01. The highest BCUT2D eigenvalue weighted by Gasteiger charge is 2.08. The first kappa shape index (κ1) is 14.6. The average Bonchev–Trinajstić information content (AvgIpc) is 2.43. The van der Waals surface area contributed by atoms with Gasteiger partial charge in [-0.3, -0.25) is 4.98 Å². The molecule has 3 rings (SSSR count). The Labute approximate surface area is 132 Å². The standard InChI is InChI=1S/C20H22N2/c1-12-6-7-18(14(3)8-12)22-19-11-16(5)21-20-15(4)9-13(2)10-17(19)20/h6-11H,1-5H3,(H,21,22). The molecular formula is C20H22N2. The SMILES string of the molecule is Cc1ccc(Nc2cc(C)nc3c(C)cc(C)cc23)c(C)c1. The van der Waals surface area contributed by atoms with Gasteiger partial charge < -0.3 is 5.32 Å². The monoisotopic (exact) mass is 290 g/mol. The van der Waals surface area contributed by atoms with Gasteiger partial charge in [0.25, 0.3) is 0 Å². The molecule has 2 heteroatoms. The predicted molar refractivity (Wildman–Crippen MR) is 95.2 cm³/mol. The van der Waals surface area contributed by atoms with E-state index in [-0.39, 0.29) is 0 Å². The topological polar surface area (TPSA) is 24.9 Å². The molecule has 0 aliphatic heterocycles. The maximum atomic E-state index is 4.72. The van der Waals surface area contributed by atoms with Gasteiger partial charge in [-0.05, 0) is 63.9 Å². The van der Waals surface area contributed by atoms with Gasteiger partial charge in [-0.15, -0.1) is 0 Å². The number of benzene rings is 2. The number of aryl methyl sites for hydroxylation is 5. The fraction of sp³-hybridized carbons (Fsp3) is 0.250. The number of rotatable bonds is 2. The van der Waals surface area contributed by atoms with Crippen LogP contribution in [0.25, 0.3) is 10.9 Å². The Hall–Kier alpha value is -2.35. The maximum absolute atomic E-state index is 4.72. The Morgan fingerprint density at radius 3 is 2.18 bits per heavy atom. The molecule has 1 heterocycles. The predicted octanol–water partition coefficient (Wildman–Crippen LogP) is 5.52. The van der Waals surface area contributed by atoms with Crippen molar-refractivity contribution >= 4 is 22.3 Å². The molecule has 3 aromatic rings. The van der Waals surface area contributed by atoms with Crippen molar-refractivity contribution in [3.05, 3.63) is 64.3 Å². The lowest BCUT2D eigenvalue weighted by Crippen LogP contribution is -1.98. The van der Waals surface area contributed by atoms with Crippen LogP contribution in [0.3, 0.4) is 0 Å². The lowest BCUT2D eigenvalue weighted by molar-refractivity contribution is 1.23. The van der Waals surface area contributed by atoms with E-state index < -0.39 is 0 Å². The molecule has 0 aliphatic carbocycles. The highest BCUT2D eigenvalue weighted by atomic mass is 14.9. The molecule has 0 spiro atoms. The lowest BCUT2D eigenvalue weighted by atomic mass is 10.0. The third-order valence-electron chi connectivity index (χ3n) is 4.03. The number of hydrogen-bond donors (Lipinski definition) is 1. The van der Waals surface area contributed by atoms with Crippen molar-refractivity contribution in [2.45, 2.75) is 34.6 Å². The first-order valence-electron chi connectivity index (χ1n) is 7.67. The van der Waals surface area contributed by atoms with Crippen LogP contribution < -0.4 is 5.32 Å². The largest absolute Gasteiger partial charge is 0.355 e. The summed E-state index contributed by atoms with van der Waals surface area (Å²) in [5, 5.41) is 4.78. The number of aromatic nitrogens is 1. The van der Waals surface area contributed by atoms with Gasteiger partial charge in [-0.2, -0.15) is 0 Å². The van der Waals surface area contributed by atoms with Gasteiger partial charge in [0.2, 0.25) is 0 Å². The summed E-state index contributed by atoms with van der Waals surface area (Å²) in [5.74, 6) is 0. The molecule has 0 aliphatic rings. The minimum absolute atomic E-state index is 1.03. The molecule has 1 N–H and O–H groups in total. The first-order chi connectivity index (χ1) is 10.4. The van der Waals surface area contributed by atoms with E-state index in [4.69, 9.17) is 4.98 Å². The highest BCUT2D eigenvalue weighted by Crippen LogP contribution is 2.30. The summed E-state index contributed by atoms with van der Waals surface area (Å²) < 4.78 is 0. The smallest absolute Gasteiger partial charge is 0.0755 e. The molecule has 0 bridgehead atoms. The maximum Gasteiger partial charge on any atom is 0.0755 e. The van der Waals surface area contributed by atoms with Crippen LogP contribution in [0.2, 0.25) is 0 Å². The van der Waals surface area contributed by atoms with Crippen molar-refractivity contribution in [3.8, 4) is 0 Å². The van der Waals surface area contributed by atoms with Crippen LogP contribution in [0.1, 0.15) is 27.9 Å². The van der Waals surface area contributed by atoms with E-state index in [1.807, 2.05) is 6.92 Å². The number of anilines is 2. The van der Waals surface area contributed by atoms with Gasteiger partial charge in [0.1, 0.15) is 0 Å². The third-order valence-corrected chi connectivity index (χ3v) is 4.03. The van der Waals surface area contributed by atoms with Crippen LogP contribution in [-0.4, -0.2) is 4.98 Å². The molecule has 112 valence electrons. The van der Waals surface area contributed by atoms with Crippen LogP contribution in [0, 0.1) is 34.6 Å². The second kappa shape index (κ2) is 5.45. The van der Waals surface area contributed by atoms with Gasteiger partial charge in [-0.25, -0.2) is 0 Å². The zero-order chi connectivity index (χ0) is 15.9. The van der Waals surface area contributed by atoms with Crippen molar-refractivity contribution in [2.24, 2.45) is 0 Å². The molecule has 22 heavy (non-hydrogen) atoms. The summed E-state index contributed by atoms with van der Waals surface area (Å²) in [6.07, 6.45) is 0. The fourth-order valence-corrected chi connectivity index (χ4v) is 3.01. The van der Waals surface area contributed by atoms with Gasteiger partial charge in [-0.1, -0.05) is 29.3 Å². The van der Waals surface area contributed by atoms with Gasteiger partial charge >= 0.3 is 0 Å².